The van der Waals surface area contributed by atoms with E-state index >= 15 is 0 Å². The van der Waals surface area contributed by atoms with E-state index in [9.17, 15) is 30.7 Å². The predicted molar refractivity (Wildman–Crippen MR) is 199 cm³/mol. The number of nitrogens with two attached hydrogens (primary N) is 1. The van der Waals surface area contributed by atoms with E-state index in [1.807, 2.05) is 0 Å². The average Bonchev–Trinajstić information content (AvgIpc) is 3.15. The molecule has 1 unspecified atom stereocenters. The van der Waals surface area contributed by atoms with Crippen LogP contribution in [0.1, 0.15) is 5.56 Å². The van der Waals surface area contributed by atoms with Crippen LogP contribution in [0.2, 0.25) is 0 Å². The summed E-state index contributed by atoms with van der Waals surface area (Å²) in [6.45, 7) is 3.53. The van der Waals surface area contributed by atoms with Gasteiger partial charge in [0, 0.05) is 18.8 Å². The number of nitrogens with zero attached hydrogens (tertiary/aromatic N) is 6. The molecule has 6 rings (SSSR count). The zero-order valence-electron chi connectivity index (χ0n) is 28.1. The highest BCUT2D eigenvalue weighted by atomic mass is 32.2. The van der Waals surface area contributed by atoms with Crippen molar-refractivity contribution in [2.24, 2.45) is 25.6 Å². The van der Waals surface area contributed by atoms with Gasteiger partial charge >= 0.3 is 0 Å². The van der Waals surface area contributed by atoms with Gasteiger partial charge in [0.1, 0.15) is 22.0 Å². The molecule has 1 aliphatic rings. The van der Waals surface area contributed by atoms with Gasteiger partial charge in [-0.2, -0.15) is 32.3 Å². The maximum absolute atomic E-state index is 12.9. The van der Waals surface area contributed by atoms with E-state index in [1.165, 1.54) is 54.6 Å². The number of phenols is 1. The summed E-state index contributed by atoms with van der Waals surface area (Å²) >= 11 is -1.69. The molecule has 1 heterocycles. The summed E-state index contributed by atoms with van der Waals surface area (Å²) < 4.78 is 88.0. The third kappa shape index (κ3) is 8.56. The van der Waals surface area contributed by atoms with Crippen molar-refractivity contribution < 1.29 is 39.6 Å². The lowest BCUT2D eigenvalue weighted by Gasteiger charge is -2.24. The summed E-state index contributed by atoms with van der Waals surface area (Å²) in [7, 11) is -8.97. The number of sulfonamides is 1. The molecule has 0 amide bonds. The number of aromatic hydroxyl groups is 1. The van der Waals surface area contributed by atoms with Gasteiger partial charge in [-0.25, -0.2) is 13.9 Å². The van der Waals surface area contributed by atoms with E-state index in [0.29, 0.717) is 49.0 Å². The molecule has 0 aromatic heterocycles. The molecule has 0 aliphatic carbocycles. The second kappa shape index (κ2) is 15.7. The van der Waals surface area contributed by atoms with Crippen molar-refractivity contribution in [2.75, 3.05) is 36.8 Å². The molecule has 0 spiro atoms. The predicted octanol–water partition coefficient (Wildman–Crippen LogP) is 7.27. The van der Waals surface area contributed by atoms with Crippen molar-refractivity contribution >= 4 is 82.0 Å². The lowest BCUT2D eigenvalue weighted by atomic mass is 10.0. The maximum Gasteiger partial charge on any atom is 0.296 e. The Bertz CT molecular complexity index is 2530. The highest BCUT2D eigenvalue weighted by Gasteiger charge is 2.25. The first-order valence-electron chi connectivity index (χ1n) is 15.8. The van der Waals surface area contributed by atoms with Gasteiger partial charge < -0.3 is 19.8 Å². The summed E-state index contributed by atoms with van der Waals surface area (Å²) in [6, 6.07) is 19.8. The van der Waals surface area contributed by atoms with Crippen LogP contribution in [-0.4, -0.2) is 61.3 Å². The number of morpholine rings is 1. The van der Waals surface area contributed by atoms with Crippen LogP contribution in [0.5, 0.6) is 11.5 Å². The topological polar surface area (TPSA) is 271 Å². The summed E-state index contributed by atoms with van der Waals surface area (Å²) in [6.07, 6.45) is 0. The van der Waals surface area contributed by atoms with Gasteiger partial charge in [0.25, 0.3) is 31.4 Å². The molecule has 5 aromatic carbocycles. The van der Waals surface area contributed by atoms with Crippen LogP contribution in [0.15, 0.2) is 120 Å². The fourth-order valence-corrected chi connectivity index (χ4v) is 7.78. The lowest BCUT2D eigenvalue weighted by molar-refractivity contribution is 0.0728. The Morgan fingerprint density at radius 2 is 1.43 bits per heavy atom. The first kappa shape index (κ1) is 38.0. The summed E-state index contributed by atoms with van der Waals surface area (Å²) in [5, 5.41) is 31.1. The second-order valence-corrected chi connectivity index (χ2v) is 15.8. The minimum atomic E-state index is -4.95. The molecule has 18 nitrogen and oxygen atoms in total. The Hall–Kier alpha value is -5.71. The zero-order valence-corrected chi connectivity index (χ0v) is 30.6. The number of rotatable bonds is 12. The molecule has 21 heteroatoms. The molecule has 0 bridgehead atoms. The number of benzene rings is 5. The van der Waals surface area contributed by atoms with Crippen LogP contribution >= 0.6 is 0 Å². The fourth-order valence-electron chi connectivity index (χ4n) is 5.23. The number of nitrogen functional groups attached to an aromatic ring is 1. The molecule has 1 aliphatic heterocycles. The SMILES string of the molecule is Cc1cc2cc(S(=O)(=O)O)c(N=Nc3ccc(S(=O)(=O)Nc4ccc(N=N)cc4)cc3)c(O)c2c(N)c1N=Nc1ccc(OS(=O)N2CCOCC2)cc1. The van der Waals surface area contributed by atoms with E-state index in [1.54, 1.807) is 35.5 Å². The number of anilines is 2. The number of nitrogens with one attached hydrogen (secondary N) is 2. The van der Waals surface area contributed by atoms with Crippen molar-refractivity contribution in [3.05, 3.63) is 90.5 Å². The highest BCUT2D eigenvalue weighted by Crippen LogP contribution is 2.47. The van der Waals surface area contributed by atoms with Gasteiger partial charge in [-0.1, -0.05) is 0 Å². The number of ether oxygens (including phenoxy) is 1. The monoisotopic (exact) mass is 793 g/mol. The van der Waals surface area contributed by atoms with E-state index in [0.717, 1.165) is 6.07 Å². The summed E-state index contributed by atoms with van der Waals surface area (Å²) in [4.78, 5) is -0.883. The fraction of sp³-hybridized carbons (Fsp3) is 0.152. The zero-order chi connectivity index (χ0) is 38.6. The molecular weight excluding hydrogens is 763 g/mol. The van der Waals surface area contributed by atoms with Gasteiger partial charge in [-0.15, -0.1) is 10.2 Å². The molecule has 1 fully saturated rings. The molecular formula is C33H31N9O9S3. The third-order valence-corrected chi connectivity index (χ3v) is 11.3. The Labute approximate surface area is 311 Å². The Morgan fingerprint density at radius 3 is 2.02 bits per heavy atom. The van der Waals surface area contributed by atoms with Gasteiger partial charge in [0.2, 0.25) is 0 Å². The van der Waals surface area contributed by atoms with Gasteiger partial charge in [-0.05, 0) is 103 Å². The van der Waals surface area contributed by atoms with E-state index < -0.39 is 47.7 Å². The molecule has 1 saturated heterocycles. The number of aryl methyl sites for hydroxylation is 1. The maximum atomic E-state index is 12.9. The molecule has 6 N–H and O–H groups in total. The van der Waals surface area contributed by atoms with Gasteiger partial charge in [-0.3, -0.25) is 9.27 Å². The molecule has 5 aromatic rings. The molecule has 280 valence electrons. The highest BCUT2D eigenvalue weighted by molar-refractivity contribution is 7.92. The van der Waals surface area contributed by atoms with Crippen LogP contribution in [0.3, 0.4) is 0 Å². The standard InChI is InChI=1S/C33H31N9O9S3/c1-20-18-21-19-28(54(47,48)49)32(40-38-24-8-12-27(13-9-24)53(45,46)41-25-4-2-22(36-35)3-5-25)33(43)29(21)30(34)31(20)39-37-23-6-10-26(11-7-23)51-52(44)42-14-16-50-17-15-42/h2-13,18-19,35,41,43H,14-17,34H2,1H3,(H,47,48,49). The molecule has 0 saturated carbocycles. The van der Waals surface area contributed by atoms with Crippen molar-refractivity contribution in [1.29, 1.82) is 5.53 Å². The number of phenolic OH excluding ortho intramolecular Hbond substituents is 1. The van der Waals surface area contributed by atoms with Crippen LogP contribution < -0.4 is 14.6 Å². The molecule has 54 heavy (non-hydrogen) atoms. The Morgan fingerprint density at radius 1 is 0.852 bits per heavy atom. The number of hydrogen-bond acceptors (Lipinski definition) is 15. The quantitative estimate of drug-likeness (QED) is 0.0479. The normalized spacial score (nSPS) is 14.8. The largest absolute Gasteiger partial charge is 0.505 e. The molecule has 1 atom stereocenters. The van der Waals surface area contributed by atoms with Crippen molar-refractivity contribution in [2.45, 2.75) is 16.7 Å². The number of fused-ring (bicyclic) bond motifs is 1. The number of hydrogen-bond donors (Lipinski definition) is 5. The minimum Gasteiger partial charge on any atom is -0.505 e. The van der Waals surface area contributed by atoms with Crippen LogP contribution in [0.25, 0.3) is 10.8 Å². The van der Waals surface area contributed by atoms with Gasteiger partial charge in [0.15, 0.2) is 5.75 Å². The van der Waals surface area contributed by atoms with Crippen LogP contribution in [0.4, 0.5) is 39.8 Å². The Kier molecular flexibility index (Phi) is 11.1. The van der Waals surface area contributed by atoms with Crippen LogP contribution in [-0.2, 0) is 36.1 Å². The third-order valence-electron chi connectivity index (χ3n) is 7.93. The summed E-state index contributed by atoms with van der Waals surface area (Å²) in [5.74, 6) is -0.375. The molecule has 0 radical (unpaired) electrons. The number of azo groups is 2. The van der Waals surface area contributed by atoms with Crippen molar-refractivity contribution in [1.82, 2.24) is 4.31 Å². The van der Waals surface area contributed by atoms with Crippen LogP contribution in [0, 0.1) is 12.5 Å². The van der Waals surface area contributed by atoms with Crippen molar-refractivity contribution in [3.8, 4) is 11.5 Å². The average molecular weight is 794 g/mol. The summed E-state index contributed by atoms with van der Waals surface area (Å²) in [5.41, 5.74) is 14.4. The lowest BCUT2D eigenvalue weighted by Crippen LogP contribution is -2.39. The Balaban J connectivity index is 1.26. The second-order valence-electron chi connectivity index (χ2n) is 11.6. The van der Waals surface area contributed by atoms with E-state index in [2.05, 4.69) is 30.3 Å². The van der Waals surface area contributed by atoms with Crippen molar-refractivity contribution in [3.63, 3.8) is 0 Å². The first-order chi connectivity index (χ1) is 25.7. The minimum absolute atomic E-state index is 0.0396. The first-order valence-corrected chi connectivity index (χ1v) is 19.7. The smallest absolute Gasteiger partial charge is 0.296 e. The van der Waals surface area contributed by atoms with Gasteiger partial charge in [0.05, 0.1) is 46.2 Å². The van der Waals surface area contributed by atoms with E-state index in [-0.39, 0.29) is 38.4 Å². The van der Waals surface area contributed by atoms with E-state index in [4.69, 9.17) is 20.2 Å².